The van der Waals surface area contributed by atoms with E-state index in [1.165, 1.54) is 17.7 Å². The van der Waals surface area contributed by atoms with Crippen LogP contribution in [0.1, 0.15) is 27.2 Å². The molecule has 0 bridgehead atoms. The molecule has 2 N–H and O–H groups in total. The second-order valence-corrected chi connectivity index (χ2v) is 8.74. The van der Waals surface area contributed by atoms with Crippen molar-refractivity contribution in [3.05, 3.63) is 63.0 Å². The molecule has 0 radical (unpaired) electrons. The second kappa shape index (κ2) is 7.37. The van der Waals surface area contributed by atoms with E-state index < -0.39 is 5.60 Å². The van der Waals surface area contributed by atoms with Crippen molar-refractivity contribution < 1.29 is 9.90 Å². The molecule has 3 heterocycles. The maximum Gasteiger partial charge on any atom is 0.264 e. The predicted molar refractivity (Wildman–Crippen MR) is 113 cm³/mol. The number of H-pyrrole nitrogens is 1. The number of nitrogens with zero attached hydrogens (tertiary/aromatic N) is 3. The number of likely N-dealkylation sites (tertiary alicyclic amines) is 1. The van der Waals surface area contributed by atoms with Gasteiger partial charge in [-0.3, -0.25) is 9.59 Å². The van der Waals surface area contributed by atoms with Crippen LogP contribution in [0, 0.1) is 6.92 Å². The van der Waals surface area contributed by atoms with Crippen LogP contribution in [0.2, 0.25) is 0 Å². The Balaban J connectivity index is 1.66. The van der Waals surface area contributed by atoms with Gasteiger partial charge < -0.3 is 19.9 Å². The van der Waals surface area contributed by atoms with Gasteiger partial charge in [-0.05, 0) is 38.6 Å². The number of carbonyl (C=O) groups excluding carboxylic acids is 1. The molecule has 1 aliphatic heterocycles. The van der Waals surface area contributed by atoms with Gasteiger partial charge >= 0.3 is 0 Å². The zero-order valence-corrected chi connectivity index (χ0v) is 17.5. The molecule has 0 unspecified atom stereocenters. The maximum absolute atomic E-state index is 13.3. The number of aromatic amines is 1. The molecule has 152 valence electrons. The first-order chi connectivity index (χ1) is 13.8. The molecule has 7 nitrogen and oxygen atoms in total. The number of fused-ring (bicyclic) bond motifs is 1. The van der Waals surface area contributed by atoms with Crippen LogP contribution in [0.15, 0.2) is 41.5 Å². The van der Waals surface area contributed by atoms with Gasteiger partial charge in [0.2, 0.25) is 0 Å². The topological polar surface area (TPSA) is 89.5 Å². The molecule has 2 aromatic heterocycles. The number of aliphatic hydroxyl groups is 1. The highest BCUT2D eigenvalue weighted by molar-refractivity contribution is 7.20. The average Bonchev–Trinajstić information content (AvgIpc) is 3.06. The first-order valence-corrected chi connectivity index (χ1v) is 10.3. The van der Waals surface area contributed by atoms with Gasteiger partial charge in [0.15, 0.2) is 0 Å². The summed E-state index contributed by atoms with van der Waals surface area (Å²) in [5, 5.41) is 12.0. The van der Waals surface area contributed by atoms with Crippen LogP contribution < -0.4 is 5.56 Å². The minimum atomic E-state index is -1.03. The Hall–Kier alpha value is -2.55. The lowest BCUT2D eigenvalue weighted by Gasteiger charge is -2.47. The average molecular weight is 413 g/mol. The zero-order chi connectivity index (χ0) is 20.8. The normalized spacial score (nSPS) is 22.4. The van der Waals surface area contributed by atoms with Crippen molar-refractivity contribution in [1.82, 2.24) is 19.8 Å². The number of nitrogens with one attached hydrogen (secondary N) is 1. The van der Waals surface area contributed by atoms with E-state index in [2.05, 4.69) is 9.97 Å². The number of hydrogen-bond donors (Lipinski definition) is 2. The summed E-state index contributed by atoms with van der Waals surface area (Å²) < 4.78 is 0. The van der Waals surface area contributed by atoms with Crippen LogP contribution in [0.25, 0.3) is 10.2 Å². The first-order valence-electron chi connectivity index (χ1n) is 9.53. The van der Waals surface area contributed by atoms with Gasteiger partial charge in [-0.15, -0.1) is 11.3 Å². The number of likely N-dealkylation sites (N-methyl/N-ethyl adjacent to an activating group) is 1. The number of aromatic nitrogens is 2. The Labute approximate surface area is 172 Å². The van der Waals surface area contributed by atoms with Crippen molar-refractivity contribution in [3.63, 3.8) is 0 Å². The van der Waals surface area contributed by atoms with Crippen LogP contribution >= 0.6 is 11.3 Å². The molecule has 1 fully saturated rings. The summed E-state index contributed by atoms with van der Waals surface area (Å²) in [6, 6.07) is 9.38. The third-order valence-corrected chi connectivity index (χ3v) is 7.01. The second-order valence-electron chi connectivity index (χ2n) is 7.74. The molecule has 29 heavy (non-hydrogen) atoms. The monoisotopic (exact) mass is 412 g/mol. The predicted octanol–water partition coefficient (Wildman–Crippen LogP) is 1.96. The quantitative estimate of drug-likeness (QED) is 0.686. The summed E-state index contributed by atoms with van der Waals surface area (Å²) in [5.74, 6) is -0.119. The summed E-state index contributed by atoms with van der Waals surface area (Å²) in [7, 11) is 3.83. The Morgan fingerprint density at radius 1 is 1.34 bits per heavy atom. The van der Waals surface area contributed by atoms with Crippen molar-refractivity contribution in [2.45, 2.75) is 25.0 Å². The fourth-order valence-corrected chi connectivity index (χ4v) is 5.31. The van der Waals surface area contributed by atoms with Crippen LogP contribution in [0.3, 0.4) is 0 Å². The van der Waals surface area contributed by atoms with Crippen molar-refractivity contribution >= 4 is 27.5 Å². The summed E-state index contributed by atoms with van der Waals surface area (Å²) >= 11 is 1.25. The molecule has 4 rings (SSSR count). The Kier molecular flexibility index (Phi) is 5.02. The van der Waals surface area contributed by atoms with Gasteiger partial charge in [0.05, 0.1) is 22.6 Å². The van der Waals surface area contributed by atoms with Gasteiger partial charge in [0.1, 0.15) is 10.4 Å². The fraction of sp³-hybridized carbons (Fsp3) is 0.381. The van der Waals surface area contributed by atoms with Crippen LogP contribution in [0.4, 0.5) is 0 Å². The Morgan fingerprint density at radius 2 is 2.07 bits per heavy atom. The maximum atomic E-state index is 13.3. The van der Waals surface area contributed by atoms with Gasteiger partial charge in [0, 0.05) is 13.1 Å². The molecule has 3 aromatic rings. The molecule has 8 heteroatoms. The summed E-state index contributed by atoms with van der Waals surface area (Å²) in [6.07, 6.45) is 1.80. The fourth-order valence-electron chi connectivity index (χ4n) is 4.19. The summed E-state index contributed by atoms with van der Waals surface area (Å²) in [6.45, 7) is 2.62. The van der Waals surface area contributed by atoms with Gasteiger partial charge in [-0.25, -0.2) is 4.98 Å². The van der Waals surface area contributed by atoms with Crippen molar-refractivity contribution in [2.75, 3.05) is 27.2 Å². The standard InChI is InChI=1S/C21H24N4O3S/c1-13-16-18(26)22-12-23-19(16)29-17(13)20(27)25-10-9-21(28,15(11-25)24(2)3)14-7-5-4-6-8-14/h4-8,12,15,28H,9-11H2,1-3H3,(H,22,23,26)/t15-,21+/m1/s1. The minimum Gasteiger partial charge on any atom is -0.383 e. The first kappa shape index (κ1) is 19.8. The van der Waals surface area contributed by atoms with Crippen molar-refractivity contribution in [3.8, 4) is 0 Å². The molecule has 0 saturated carbocycles. The number of rotatable bonds is 3. The number of hydrogen-bond acceptors (Lipinski definition) is 6. The lowest BCUT2D eigenvalue weighted by Crippen LogP contribution is -2.60. The zero-order valence-electron chi connectivity index (χ0n) is 16.7. The van der Waals surface area contributed by atoms with E-state index in [9.17, 15) is 14.7 Å². The van der Waals surface area contributed by atoms with Crippen LogP contribution in [-0.4, -0.2) is 64.0 Å². The lowest BCUT2D eigenvalue weighted by molar-refractivity contribution is -0.0810. The largest absolute Gasteiger partial charge is 0.383 e. The van der Waals surface area contributed by atoms with Crippen LogP contribution in [-0.2, 0) is 5.60 Å². The van der Waals surface area contributed by atoms with E-state index in [0.29, 0.717) is 40.2 Å². The van der Waals surface area contributed by atoms with Gasteiger partial charge in [-0.1, -0.05) is 30.3 Å². The third kappa shape index (κ3) is 3.27. The minimum absolute atomic E-state index is 0.119. The van der Waals surface area contributed by atoms with Crippen molar-refractivity contribution in [2.24, 2.45) is 0 Å². The molecule has 1 saturated heterocycles. The molecule has 1 amide bonds. The van der Waals surface area contributed by atoms with Crippen LogP contribution in [0.5, 0.6) is 0 Å². The van der Waals surface area contributed by atoms with E-state index in [1.54, 1.807) is 11.8 Å². The summed E-state index contributed by atoms with van der Waals surface area (Å²) in [5.41, 5.74) is 0.260. The lowest BCUT2D eigenvalue weighted by atomic mass is 9.79. The van der Waals surface area contributed by atoms with E-state index in [1.807, 2.05) is 49.3 Å². The smallest absolute Gasteiger partial charge is 0.264 e. The number of thiophene rings is 1. The number of benzene rings is 1. The Bertz CT molecular complexity index is 1110. The van der Waals surface area contributed by atoms with E-state index in [-0.39, 0.29) is 17.5 Å². The number of carbonyl (C=O) groups is 1. The van der Waals surface area contributed by atoms with E-state index in [4.69, 9.17) is 0 Å². The molecular formula is C21H24N4O3S. The Morgan fingerprint density at radius 3 is 2.72 bits per heavy atom. The van der Waals surface area contributed by atoms with Gasteiger partial charge in [-0.2, -0.15) is 0 Å². The highest BCUT2D eigenvalue weighted by Crippen LogP contribution is 2.36. The van der Waals surface area contributed by atoms with E-state index in [0.717, 1.165) is 5.56 Å². The van der Waals surface area contributed by atoms with Crippen molar-refractivity contribution in [1.29, 1.82) is 0 Å². The number of amides is 1. The highest BCUT2D eigenvalue weighted by Gasteiger charge is 2.45. The molecule has 0 spiro atoms. The molecule has 2 atom stereocenters. The third-order valence-electron chi connectivity index (χ3n) is 5.82. The van der Waals surface area contributed by atoms with E-state index >= 15 is 0 Å². The molecular weight excluding hydrogens is 388 g/mol. The molecule has 1 aliphatic rings. The highest BCUT2D eigenvalue weighted by atomic mass is 32.1. The van der Waals surface area contributed by atoms with Gasteiger partial charge in [0.25, 0.3) is 11.5 Å². The SMILES string of the molecule is Cc1c(C(=O)N2CC[C@](O)(c3ccccc3)[C@H](N(C)C)C2)sc2nc[nH]c(=O)c12. The molecule has 0 aliphatic carbocycles. The number of piperidine rings is 1. The number of aryl methyl sites for hydroxylation is 1. The summed E-state index contributed by atoms with van der Waals surface area (Å²) in [4.78, 5) is 37.1. The molecule has 1 aromatic carbocycles.